The predicted molar refractivity (Wildman–Crippen MR) is 115 cm³/mol. The van der Waals surface area contributed by atoms with E-state index in [2.05, 4.69) is 0 Å². The summed E-state index contributed by atoms with van der Waals surface area (Å²) in [6, 6.07) is 7.64. The Balaban J connectivity index is 1.99. The third-order valence-corrected chi connectivity index (χ3v) is 6.20. The Bertz CT molecular complexity index is 940. The zero-order chi connectivity index (χ0) is 21.1. The molecule has 8 heteroatoms. The Labute approximate surface area is 183 Å². The molecule has 1 saturated heterocycles. The van der Waals surface area contributed by atoms with Gasteiger partial charge in [0.15, 0.2) is 0 Å². The minimum Gasteiger partial charge on any atom is -0.507 e. The molecule has 2 heterocycles. The first kappa shape index (κ1) is 21.8. The topological polar surface area (TPSA) is 66.8 Å². The van der Waals surface area contributed by atoms with Crippen molar-refractivity contribution in [2.75, 3.05) is 13.2 Å². The molecule has 0 bridgehead atoms. The van der Waals surface area contributed by atoms with Gasteiger partial charge in [-0.05, 0) is 49.9 Å². The summed E-state index contributed by atoms with van der Waals surface area (Å²) in [6.45, 7) is 4.70. The lowest BCUT2D eigenvalue weighted by molar-refractivity contribution is -0.140. The first-order valence-electron chi connectivity index (χ1n) is 9.20. The fraction of sp³-hybridized carbons (Fsp3) is 0.333. The van der Waals surface area contributed by atoms with Crippen LogP contribution in [0.4, 0.5) is 0 Å². The molecule has 0 radical (unpaired) electrons. The summed E-state index contributed by atoms with van der Waals surface area (Å²) < 4.78 is 5.55. The van der Waals surface area contributed by atoms with E-state index in [1.165, 1.54) is 22.3 Å². The van der Waals surface area contributed by atoms with Crippen molar-refractivity contribution in [3.8, 4) is 0 Å². The highest BCUT2D eigenvalue weighted by Crippen LogP contribution is 2.41. The minimum atomic E-state index is -0.711. The van der Waals surface area contributed by atoms with E-state index in [0.29, 0.717) is 30.2 Å². The average molecular weight is 454 g/mol. The second kappa shape index (κ2) is 9.30. The van der Waals surface area contributed by atoms with Crippen LogP contribution in [-0.2, 0) is 14.3 Å². The number of nitrogens with zero attached hydrogens (tertiary/aromatic N) is 1. The zero-order valence-corrected chi connectivity index (χ0v) is 18.4. The molecular formula is C21H21Cl2NO4S. The van der Waals surface area contributed by atoms with Gasteiger partial charge in [-0.1, -0.05) is 29.3 Å². The maximum Gasteiger partial charge on any atom is 0.295 e. The van der Waals surface area contributed by atoms with E-state index >= 15 is 0 Å². The summed E-state index contributed by atoms with van der Waals surface area (Å²) in [5, 5.41) is 13.4. The van der Waals surface area contributed by atoms with Gasteiger partial charge in [0.05, 0.1) is 27.8 Å². The van der Waals surface area contributed by atoms with E-state index in [0.717, 1.165) is 4.88 Å². The monoisotopic (exact) mass is 453 g/mol. The van der Waals surface area contributed by atoms with Crippen LogP contribution in [0.2, 0.25) is 10.0 Å². The number of aliphatic hydroxyl groups excluding tert-OH is 1. The van der Waals surface area contributed by atoms with Gasteiger partial charge < -0.3 is 14.7 Å². The molecule has 0 saturated carbocycles. The van der Waals surface area contributed by atoms with Gasteiger partial charge in [-0.15, -0.1) is 11.3 Å². The summed E-state index contributed by atoms with van der Waals surface area (Å²) in [7, 11) is 0. The number of amides is 1. The number of hydrogen-bond acceptors (Lipinski definition) is 5. The number of aliphatic hydroxyl groups is 1. The minimum absolute atomic E-state index is 0.0561. The van der Waals surface area contributed by atoms with Crippen molar-refractivity contribution < 1.29 is 19.4 Å². The molecule has 1 aromatic carbocycles. The Morgan fingerprint density at radius 1 is 1.24 bits per heavy atom. The molecule has 0 spiro atoms. The van der Waals surface area contributed by atoms with Crippen LogP contribution < -0.4 is 0 Å². The molecule has 1 aliphatic heterocycles. The maximum absolute atomic E-state index is 12.8. The third kappa shape index (κ3) is 4.67. The molecular weight excluding hydrogens is 433 g/mol. The van der Waals surface area contributed by atoms with Gasteiger partial charge in [-0.25, -0.2) is 0 Å². The van der Waals surface area contributed by atoms with E-state index < -0.39 is 17.7 Å². The molecule has 5 nitrogen and oxygen atoms in total. The van der Waals surface area contributed by atoms with E-state index in [4.69, 9.17) is 27.9 Å². The molecule has 29 heavy (non-hydrogen) atoms. The molecule has 2 aromatic rings. The lowest BCUT2D eigenvalue weighted by Gasteiger charge is -2.24. The summed E-state index contributed by atoms with van der Waals surface area (Å²) in [5.41, 5.74) is 0.391. The number of thiophene rings is 1. The van der Waals surface area contributed by atoms with E-state index in [-0.39, 0.29) is 22.5 Å². The number of carbonyl (C=O) groups excluding carboxylic acids is 2. The fourth-order valence-electron chi connectivity index (χ4n) is 3.21. The smallest absolute Gasteiger partial charge is 0.295 e. The van der Waals surface area contributed by atoms with Gasteiger partial charge >= 0.3 is 0 Å². The van der Waals surface area contributed by atoms with Crippen molar-refractivity contribution in [1.29, 1.82) is 0 Å². The zero-order valence-electron chi connectivity index (χ0n) is 16.0. The van der Waals surface area contributed by atoms with Crippen molar-refractivity contribution in [1.82, 2.24) is 4.90 Å². The average Bonchev–Trinajstić information content (AvgIpc) is 3.28. The molecule has 1 fully saturated rings. The molecule has 1 N–H and O–H groups in total. The number of benzene rings is 1. The Morgan fingerprint density at radius 3 is 2.62 bits per heavy atom. The largest absolute Gasteiger partial charge is 0.507 e. The number of ether oxygens (including phenoxy) is 1. The highest BCUT2D eigenvalue weighted by Gasteiger charge is 2.46. The van der Waals surface area contributed by atoms with Crippen LogP contribution in [-0.4, -0.2) is 41.0 Å². The van der Waals surface area contributed by atoms with Gasteiger partial charge in [0.25, 0.3) is 11.7 Å². The van der Waals surface area contributed by atoms with Crippen LogP contribution in [0.3, 0.4) is 0 Å². The molecule has 1 atom stereocenters. The lowest BCUT2D eigenvalue weighted by Crippen LogP contribution is -2.31. The number of ketones is 1. The first-order valence-corrected chi connectivity index (χ1v) is 10.8. The third-order valence-electron chi connectivity index (χ3n) is 4.54. The Kier molecular flexibility index (Phi) is 7.01. The summed E-state index contributed by atoms with van der Waals surface area (Å²) >= 11 is 13.4. The maximum atomic E-state index is 12.8. The SMILES string of the molecule is CC(C)OCCCN1C(=O)C(=O)/C(=C(\O)c2ccc(Cl)c(Cl)c2)C1c1cccs1. The highest BCUT2D eigenvalue weighted by atomic mass is 35.5. The summed E-state index contributed by atoms with van der Waals surface area (Å²) in [5.74, 6) is -1.60. The van der Waals surface area contributed by atoms with Crippen LogP contribution in [0.1, 0.15) is 36.8 Å². The molecule has 1 amide bonds. The van der Waals surface area contributed by atoms with Crippen LogP contribution in [0, 0.1) is 0 Å². The summed E-state index contributed by atoms with van der Waals surface area (Å²) in [4.78, 5) is 27.9. The van der Waals surface area contributed by atoms with Gasteiger partial charge in [-0.3, -0.25) is 9.59 Å². The standard InChI is InChI=1S/C21H21Cl2NO4S/c1-12(2)28-9-4-8-24-18(16-5-3-10-29-16)17(20(26)21(24)27)19(25)13-6-7-14(22)15(23)11-13/h3,5-7,10-12,18,25H,4,8-9H2,1-2H3/b19-17-. The van der Waals surface area contributed by atoms with Crippen molar-refractivity contribution in [3.63, 3.8) is 0 Å². The fourth-order valence-corrected chi connectivity index (χ4v) is 4.35. The quantitative estimate of drug-likeness (QED) is 0.267. The second-order valence-corrected chi connectivity index (χ2v) is 8.70. The highest BCUT2D eigenvalue weighted by molar-refractivity contribution is 7.10. The number of hydrogen-bond donors (Lipinski definition) is 1. The van der Waals surface area contributed by atoms with E-state index in [1.807, 2.05) is 31.4 Å². The normalized spacial score (nSPS) is 18.8. The molecule has 3 rings (SSSR count). The van der Waals surface area contributed by atoms with E-state index in [9.17, 15) is 14.7 Å². The number of likely N-dealkylation sites (tertiary alicyclic amines) is 1. The van der Waals surface area contributed by atoms with Crippen molar-refractivity contribution >= 4 is 52.0 Å². The van der Waals surface area contributed by atoms with Crippen LogP contribution in [0.25, 0.3) is 5.76 Å². The molecule has 154 valence electrons. The number of rotatable bonds is 7. The molecule has 1 aromatic heterocycles. The van der Waals surface area contributed by atoms with Crippen LogP contribution in [0.15, 0.2) is 41.3 Å². The lowest BCUT2D eigenvalue weighted by atomic mass is 10.00. The van der Waals surface area contributed by atoms with Gasteiger partial charge in [0.1, 0.15) is 5.76 Å². The Morgan fingerprint density at radius 2 is 2.00 bits per heavy atom. The number of Topliss-reactive ketones (excluding diaryl/α,β-unsaturated/α-hetero) is 1. The first-order chi connectivity index (χ1) is 13.8. The molecule has 0 aliphatic carbocycles. The van der Waals surface area contributed by atoms with Crippen molar-refractivity contribution in [2.24, 2.45) is 0 Å². The van der Waals surface area contributed by atoms with Crippen LogP contribution in [0.5, 0.6) is 0 Å². The van der Waals surface area contributed by atoms with Gasteiger partial charge in [0.2, 0.25) is 0 Å². The van der Waals surface area contributed by atoms with Crippen molar-refractivity contribution in [3.05, 3.63) is 61.8 Å². The van der Waals surface area contributed by atoms with Gasteiger partial charge in [-0.2, -0.15) is 0 Å². The van der Waals surface area contributed by atoms with E-state index in [1.54, 1.807) is 12.1 Å². The van der Waals surface area contributed by atoms with Crippen LogP contribution >= 0.6 is 34.5 Å². The predicted octanol–water partition coefficient (Wildman–Crippen LogP) is 5.29. The molecule has 1 unspecified atom stereocenters. The summed E-state index contributed by atoms with van der Waals surface area (Å²) in [6.07, 6.45) is 0.674. The number of carbonyl (C=O) groups is 2. The van der Waals surface area contributed by atoms with Crippen molar-refractivity contribution in [2.45, 2.75) is 32.4 Å². The van der Waals surface area contributed by atoms with Gasteiger partial charge in [0, 0.05) is 23.6 Å². The molecule has 1 aliphatic rings. The second-order valence-electron chi connectivity index (χ2n) is 6.91. The Hall–Kier alpha value is -1.86. The number of halogens is 2.